The Morgan fingerprint density at radius 3 is 1.07 bits per heavy atom. The molecular formula is C32H50O8S. The number of ether oxygens (including phenoxy) is 4. The Morgan fingerprint density at radius 2 is 0.780 bits per heavy atom. The zero-order valence-electron chi connectivity index (χ0n) is 25.4. The van der Waals surface area contributed by atoms with E-state index in [0.717, 1.165) is 77.0 Å². The molecule has 0 heterocycles. The van der Waals surface area contributed by atoms with Gasteiger partial charge in [0.05, 0.1) is 26.4 Å². The van der Waals surface area contributed by atoms with Crippen LogP contribution in [0.3, 0.4) is 0 Å². The second-order valence-corrected chi connectivity index (χ2v) is 12.1. The van der Waals surface area contributed by atoms with Gasteiger partial charge in [-0.25, -0.2) is 8.42 Å². The van der Waals surface area contributed by atoms with Gasteiger partial charge in [0, 0.05) is 24.3 Å². The van der Waals surface area contributed by atoms with Crippen molar-refractivity contribution in [2.24, 2.45) is 0 Å². The second-order valence-electron chi connectivity index (χ2n) is 10.3. The summed E-state index contributed by atoms with van der Waals surface area (Å²) in [5.41, 5.74) is 0. The molecular weight excluding hydrogens is 544 g/mol. The Hall–Kier alpha value is -2.81. The lowest BCUT2D eigenvalue weighted by atomic mass is 10.2. The molecule has 9 heteroatoms. The molecule has 2 aromatic carbocycles. The fraction of sp³-hybridized carbons (Fsp3) is 0.625. The molecule has 0 radical (unpaired) electrons. The van der Waals surface area contributed by atoms with E-state index in [1.807, 2.05) is 0 Å². The summed E-state index contributed by atoms with van der Waals surface area (Å²) in [6, 6.07) is 5.25. The highest BCUT2D eigenvalue weighted by Gasteiger charge is 2.30. The molecule has 0 saturated heterocycles. The summed E-state index contributed by atoms with van der Waals surface area (Å²) in [6.07, 6.45) is 10.8. The highest BCUT2D eigenvalue weighted by atomic mass is 32.2. The van der Waals surface area contributed by atoms with Crippen molar-refractivity contribution in [2.45, 2.75) is 115 Å². The Bertz CT molecular complexity index is 1060. The molecule has 0 saturated carbocycles. The normalized spacial score (nSPS) is 11.4. The Kier molecular flexibility index (Phi) is 15.6. The molecule has 0 atom stereocenters. The largest absolute Gasteiger partial charge is 0.504 e. The van der Waals surface area contributed by atoms with Gasteiger partial charge in [0.15, 0.2) is 23.0 Å². The molecule has 0 unspecified atom stereocenters. The number of phenols is 2. The van der Waals surface area contributed by atoms with Crippen LogP contribution in [0, 0.1) is 0 Å². The summed E-state index contributed by atoms with van der Waals surface area (Å²) < 4.78 is 52.0. The van der Waals surface area contributed by atoms with Crippen LogP contribution in [0.1, 0.15) is 105 Å². The summed E-state index contributed by atoms with van der Waals surface area (Å²) >= 11 is 0. The van der Waals surface area contributed by atoms with Crippen LogP contribution in [0.2, 0.25) is 0 Å². The molecule has 8 nitrogen and oxygen atoms in total. The van der Waals surface area contributed by atoms with Gasteiger partial charge in [-0.05, 0) is 25.7 Å². The molecule has 0 aromatic heterocycles. The van der Waals surface area contributed by atoms with Gasteiger partial charge >= 0.3 is 0 Å². The van der Waals surface area contributed by atoms with Crippen LogP contribution in [-0.2, 0) is 9.84 Å². The van der Waals surface area contributed by atoms with Crippen LogP contribution in [0.25, 0.3) is 0 Å². The third-order valence-electron chi connectivity index (χ3n) is 6.65. The number of hydrogen-bond acceptors (Lipinski definition) is 8. The zero-order chi connectivity index (χ0) is 30.1. The smallest absolute Gasteiger partial charge is 0.214 e. The summed E-state index contributed by atoms with van der Waals surface area (Å²) in [5, 5.41) is 21.4. The quantitative estimate of drug-likeness (QED) is 0.131. The molecule has 0 bridgehead atoms. The topological polar surface area (TPSA) is 112 Å². The number of rotatable bonds is 22. The third kappa shape index (κ3) is 10.8. The van der Waals surface area contributed by atoms with Gasteiger partial charge in [0.25, 0.3) is 0 Å². The lowest BCUT2D eigenvalue weighted by molar-refractivity contribution is 0.277. The first-order valence-electron chi connectivity index (χ1n) is 15.3. The van der Waals surface area contributed by atoms with Crippen molar-refractivity contribution in [1.29, 1.82) is 0 Å². The van der Waals surface area contributed by atoms with Crippen molar-refractivity contribution in [3.63, 3.8) is 0 Å². The molecule has 0 spiro atoms. The van der Waals surface area contributed by atoms with E-state index in [0.29, 0.717) is 26.4 Å². The van der Waals surface area contributed by atoms with Gasteiger partial charge in [-0.2, -0.15) is 0 Å². The number of sulfone groups is 1. The van der Waals surface area contributed by atoms with E-state index < -0.39 is 9.84 Å². The summed E-state index contributed by atoms with van der Waals surface area (Å²) in [5.74, 6) is -0.160. The molecule has 2 aromatic rings. The van der Waals surface area contributed by atoms with Crippen LogP contribution in [-0.4, -0.2) is 45.1 Å². The van der Waals surface area contributed by atoms with Crippen LogP contribution in [0.15, 0.2) is 34.1 Å². The average molecular weight is 595 g/mol. The van der Waals surface area contributed by atoms with E-state index in [1.165, 1.54) is 24.3 Å². The van der Waals surface area contributed by atoms with Crippen molar-refractivity contribution < 1.29 is 37.6 Å². The predicted molar refractivity (Wildman–Crippen MR) is 162 cm³/mol. The van der Waals surface area contributed by atoms with Crippen LogP contribution >= 0.6 is 0 Å². The highest BCUT2D eigenvalue weighted by Crippen LogP contribution is 2.44. The standard InChI is InChI=1S/C32H50O8S/c1-5-9-13-17-37-27-23-31(29(21-25(27)33)39-19-15-11-7-3)41(35,36)32-24-28(38-18-14-10-6-2)26(34)22-30(32)40-20-16-12-8-4/h21-24,33-34H,5-20H2,1-4H3. The molecule has 0 fully saturated rings. The number of benzene rings is 2. The Morgan fingerprint density at radius 1 is 0.488 bits per heavy atom. The first kappa shape index (κ1) is 34.4. The maximum atomic E-state index is 14.3. The monoisotopic (exact) mass is 594 g/mol. The molecule has 2 rings (SSSR count). The number of hydrogen-bond donors (Lipinski definition) is 2. The predicted octanol–water partition coefficient (Wildman–Crippen LogP) is 8.21. The molecule has 41 heavy (non-hydrogen) atoms. The van der Waals surface area contributed by atoms with Crippen LogP contribution < -0.4 is 18.9 Å². The van der Waals surface area contributed by atoms with Gasteiger partial charge < -0.3 is 29.2 Å². The molecule has 0 aliphatic rings. The molecule has 0 amide bonds. The lowest BCUT2D eigenvalue weighted by Gasteiger charge is -2.19. The third-order valence-corrected chi connectivity index (χ3v) is 8.45. The van der Waals surface area contributed by atoms with Gasteiger partial charge in [-0.3, -0.25) is 0 Å². The van der Waals surface area contributed by atoms with Gasteiger partial charge in [-0.1, -0.05) is 79.1 Å². The fourth-order valence-corrected chi connectivity index (χ4v) is 5.72. The van der Waals surface area contributed by atoms with E-state index in [-0.39, 0.29) is 44.3 Å². The van der Waals surface area contributed by atoms with E-state index in [2.05, 4.69) is 27.7 Å². The first-order valence-corrected chi connectivity index (χ1v) is 16.8. The maximum Gasteiger partial charge on any atom is 0.214 e. The maximum absolute atomic E-state index is 14.3. The number of aromatic hydroxyl groups is 2. The molecule has 0 aliphatic heterocycles. The molecule has 0 aliphatic carbocycles. The zero-order valence-corrected chi connectivity index (χ0v) is 26.2. The fourth-order valence-electron chi connectivity index (χ4n) is 4.19. The number of unbranched alkanes of at least 4 members (excludes halogenated alkanes) is 8. The van der Waals surface area contributed by atoms with Crippen molar-refractivity contribution in [3.8, 4) is 34.5 Å². The summed E-state index contributed by atoms with van der Waals surface area (Å²) in [6.45, 7) is 9.59. The van der Waals surface area contributed by atoms with Gasteiger partial charge in [-0.15, -0.1) is 0 Å². The van der Waals surface area contributed by atoms with E-state index in [4.69, 9.17) is 18.9 Å². The van der Waals surface area contributed by atoms with Crippen molar-refractivity contribution in [2.75, 3.05) is 26.4 Å². The summed E-state index contributed by atoms with van der Waals surface area (Å²) in [4.78, 5) is -0.281. The van der Waals surface area contributed by atoms with Crippen molar-refractivity contribution in [1.82, 2.24) is 0 Å². The summed E-state index contributed by atoms with van der Waals surface area (Å²) in [7, 11) is -4.27. The van der Waals surface area contributed by atoms with Gasteiger partial charge in [0.2, 0.25) is 9.84 Å². The van der Waals surface area contributed by atoms with E-state index in [1.54, 1.807) is 0 Å². The van der Waals surface area contributed by atoms with E-state index in [9.17, 15) is 18.6 Å². The highest BCUT2D eigenvalue weighted by molar-refractivity contribution is 7.91. The van der Waals surface area contributed by atoms with Crippen LogP contribution in [0.4, 0.5) is 0 Å². The minimum absolute atomic E-state index is 0.0370. The Labute approximate surface area is 246 Å². The second kappa shape index (κ2) is 18.6. The van der Waals surface area contributed by atoms with E-state index >= 15 is 0 Å². The van der Waals surface area contributed by atoms with Crippen molar-refractivity contribution >= 4 is 9.84 Å². The van der Waals surface area contributed by atoms with Crippen LogP contribution in [0.5, 0.6) is 34.5 Å². The Balaban J connectivity index is 2.58. The minimum Gasteiger partial charge on any atom is -0.504 e. The van der Waals surface area contributed by atoms with Gasteiger partial charge in [0.1, 0.15) is 21.3 Å². The minimum atomic E-state index is -4.27. The molecule has 2 N–H and O–H groups in total. The first-order chi connectivity index (χ1) is 19.8. The molecule has 232 valence electrons. The lowest BCUT2D eigenvalue weighted by Crippen LogP contribution is -2.11. The number of phenolic OH excluding ortho intramolecular Hbond substituents is 2. The average Bonchev–Trinajstić information content (AvgIpc) is 2.95. The van der Waals surface area contributed by atoms with Crippen molar-refractivity contribution in [3.05, 3.63) is 24.3 Å². The SMILES string of the molecule is CCCCCOc1cc(S(=O)(=O)c2cc(OCCCCC)c(O)cc2OCCCCC)c(OCCCCC)cc1O.